The van der Waals surface area contributed by atoms with Gasteiger partial charge in [0.15, 0.2) is 20.6 Å². The first-order valence-corrected chi connectivity index (χ1v) is 11.4. The van der Waals surface area contributed by atoms with Crippen LogP contribution in [0.5, 0.6) is 5.75 Å². The lowest BCUT2D eigenvalue weighted by Gasteiger charge is -2.10. The lowest BCUT2D eigenvalue weighted by molar-refractivity contribution is 0.295. The van der Waals surface area contributed by atoms with Crippen LogP contribution in [0.3, 0.4) is 0 Å². The van der Waals surface area contributed by atoms with E-state index in [0.29, 0.717) is 5.56 Å². The molecular formula is C14H15Cl2N3O6S2. The molecule has 1 aromatic carbocycles. The number of hydrogen-bond donors (Lipinski definition) is 3. The number of aliphatic hydroxyl groups is 1. The third-order valence-corrected chi connectivity index (χ3v) is 6.49. The summed E-state index contributed by atoms with van der Waals surface area (Å²) >= 11 is 11.7. The molecule has 0 aliphatic heterocycles. The Morgan fingerprint density at radius 3 is 2.19 bits per heavy atom. The molecule has 0 unspecified atom stereocenters. The van der Waals surface area contributed by atoms with Crippen molar-refractivity contribution < 1.29 is 27.0 Å². The largest absolute Gasteiger partial charge is 0.504 e. The van der Waals surface area contributed by atoms with Crippen molar-refractivity contribution in [2.45, 2.75) is 17.2 Å². The van der Waals surface area contributed by atoms with E-state index in [1.54, 1.807) is 0 Å². The molecule has 0 saturated heterocycles. The quantitative estimate of drug-likeness (QED) is 0.543. The van der Waals surface area contributed by atoms with Crippen molar-refractivity contribution in [2.75, 3.05) is 17.1 Å². The second-order valence-corrected chi connectivity index (χ2v) is 10.1. The van der Waals surface area contributed by atoms with E-state index in [1.165, 1.54) is 18.2 Å². The first-order valence-electron chi connectivity index (χ1n) is 7.38. The summed E-state index contributed by atoms with van der Waals surface area (Å²) in [7, 11) is -7.88. The van der Waals surface area contributed by atoms with Crippen LogP contribution in [0.15, 0.2) is 29.3 Å². The topological polar surface area (TPSA) is 147 Å². The lowest BCUT2D eigenvalue weighted by atomic mass is 10.2. The lowest BCUT2D eigenvalue weighted by Crippen LogP contribution is -2.17. The number of hydrogen-bond acceptors (Lipinski definition) is 8. The van der Waals surface area contributed by atoms with Gasteiger partial charge in [0.1, 0.15) is 0 Å². The van der Waals surface area contributed by atoms with Gasteiger partial charge in [-0.3, -0.25) is 4.72 Å². The molecule has 27 heavy (non-hydrogen) atoms. The number of aromatic hydroxyl groups is 1. The highest BCUT2D eigenvalue weighted by Gasteiger charge is 2.21. The highest BCUT2D eigenvalue weighted by Crippen LogP contribution is 2.25. The minimum absolute atomic E-state index is 0.0125. The van der Waals surface area contributed by atoms with Gasteiger partial charge in [0.25, 0.3) is 0 Å². The summed E-state index contributed by atoms with van der Waals surface area (Å²) in [5.74, 6) is -2.13. The summed E-state index contributed by atoms with van der Waals surface area (Å²) in [5, 5.41) is 25.5. The minimum Gasteiger partial charge on any atom is -0.504 e. The van der Waals surface area contributed by atoms with Crippen LogP contribution in [-0.2, 0) is 25.6 Å². The number of anilines is 1. The Morgan fingerprint density at radius 1 is 1.00 bits per heavy atom. The maximum atomic E-state index is 12.2. The smallest absolute Gasteiger partial charge is 0.238 e. The van der Waals surface area contributed by atoms with E-state index in [4.69, 9.17) is 28.3 Å². The van der Waals surface area contributed by atoms with E-state index < -0.39 is 48.0 Å². The van der Waals surface area contributed by atoms with Crippen molar-refractivity contribution >= 4 is 48.9 Å². The summed E-state index contributed by atoms with van der Waals surface area (Å²) in [6, 6.07) is 5.05. The van der Waals surface area contributed by atoms with E-state index in [9.17, 15) is 21.9 Å². The average Bonchev–Trinajstić information content (AvgIpc) is 2.53. The van der Waals surface area contributed by atoms with Crippen molar-refractivity contribution in [3.63, 3.8) is 0 Å². The number of sulfone groups is 1. The molecule has 0 amide bonds. The normalized spacial score (nSPS) is 12.1. The van der Waals surface area contributed by atoms with E-state index in [1.807, 2.05) is 4.72 Å². The number of nitrogens with zero attached hydrogens (tertiary/aromatic N) is 2. The highest BCUT2D eigenvalue weighted by atomic mass is 35.5. The second kappa shape index (κ2) is 8.57. The first kappa shape index (κ1) is 21.6. The Kier molecular flexibility index (Phi) is 6.87. The predicted molar refractivity (Wildman–Crippen MR) is 100 cm³/mol. The molecule has 148 valence electrons. The average molecular weight is 456 g/mol. The standard InChI is InChI=1S/C14H15Cl2N3O6S2/c15-10-4-9(5-11(16)6-10)8-27(24,25)19-14-12(21)7-13(17-18-14)26(22,23)3-1-2-20/h4-7,20H,1-3,8H2,(H,17,21)(H,18,19). The molecule has 2 rings (SSSR count). The van der Waals surface area contributed by atoms with Crippen LogP contribution in [-0.4, -0.2) is 49.6 Å². The summed E-state index contributed by atoms with van der Waals surface area (Å²) in [6.07, 6.45) is -0.0125. The third-order valence-electron chi connectivity index (χ3n) is 3.17. The summed E-state index contributed by atoms with van der Waals surface area (Å²) in [4.78, 5) is 0. The number of benzene rings is 1. The molecule has 0 aliphatic rings. The van der Waals surface area contributed by atoms with Gasteiger partial charge in [-0.2, -0.15) is 0 Å². The summed E-state index contributed by atoms with van der Waals surface area (Å²) in [6.45, 7) is -0.329. The summed E-state index contributed by atoms with van der Waals surface area (Å²) < 4.78 is 50.4. The maximum Gasteiger partial charge on any atom is 0.238 e. The Labute approximate surface area is 165 Å². The summed E-state index contributed by atoms with van der Waals surface area (Å²) in [5.41, 5.74) is 0.302. The Balaban J connectivity index is 2.21. The molecule has 1 aromatic heterocycles. The van der Waals surface area contributed by atoms with Crippen LogP contribution in [0, 0.1) is 0 Å². The van der Waals surface area contributed by atoms with Crippen LogP contribution in [0.1, 0.15) is 12.0 Å². The number of halogens is 2. The SMILES string of the molecule is O=S(=O)(Cc1cc(Cl)cc(Cl)c1)Nc1nnc(S(=O)(=O)CCCO)cc1O. The molecule has 0 saturated carbocycles. The van der Waals surface area contributed by atoms with Gasteiger partial charge < -0.3 is 10.2 Å². The van der Waals surface area contributed by atoms with Gasteiger partial charge in [-0.25, -0.2) is 16.8 Å². The van der Waals surface area contributed by atoms with Gasteiger partial charge in [-0.15, -0.1) is 10.2 Å². The fourth-order valence-corrected chi connectivity index (χ4v) is 4.91. The Bertz CT molecular complexity index is 1020. The van der Waals surface area contributed by atoms with Gasteiger partial charge in [0.05, 0.1) is 11.5 Å². The molecule has 0 aliphatic carbocycles. The van der Waals surface area contributed by atoms with Gasteiger partial charge in [0.2, 0.25) is 15.8 Å². The molecule has 0 radical (unpaired) electrons. The molecular weight excluding hydrogens is 441 g/mol. The third kappa shape index (κ3) is 6.18. The number of aliphatic hydroxyl groups excluding tert-OH is 1. The first-order chi connectivity index (χ1) is 12.5. The van der Waals surface area contributed by atoms with E-state index in [0.717, 1.165) is 6.07 Å². The van der Waals surface area contributed by atoms with Gasteiger partial charge in [0, 0.05) is 22.7 Å². The molecule has 3 N–H and O–H groups in total. The fraction of sp³-hybridized carbons (Fsp3) is 0.286. The van der Waals surface area contributed by atoms with Crippen molar-refractivity contribution in [2.24, 2.45) is 0 Å². The molecule has 13 heteroatoms. The minimum atomic E-state index is -4.02. The van der Waals surface area contributed by atoms with Crippen molar-refractivity contribution in [1.82, 2.24) is 10.2 Å². The van der Waals surface area contributed by atoms with Gasteiger partial charge in [-0.1, -0.05) is 23.2 Å². The number of aromatic nitrogens is 2. The Morgan fingerprint density at radius 2 is 1.63 bits per heavy atom. The van der Waals surface area contributed by atoms with E-state index in [-0.39, 0.29) is 23.1 Å². The molecule has 9 nitrogen and oxygen atoms in total. The van der Waals surface area contributed by atoms with Gasteiger partial charge >= 0.3 is 0 Å². The monoisotopic (exact) mass is 455 g/mol. The van der Waals surface area contributed by atoms with Crippen LogP contribution in [0.25, 0.3) is 0 Å². The fourth-order valence-electron chi connectivity index (χ4n) is 2.05. The Hall–Kier alpha value is -1.66. The van der Waals surface area contributed by atoms with Crippen molar-refractivity contribution in [1.29, 1.82) is 0 Å². The van der Waals surface area contributed by atoms with Crippen LogP contribution < -0.4 is 4.72 Å². The van der Waals surface area contributed by atoms with Gasteiger partial charge in [-0.05, 0) is 30.2 Å². The van der Waals surface area contributed by atoms with E-state index >= 15 is 0 Å². The van der Waals surface area contributed by atoms with Crippen molar-refractivity contribution in [3.05, 3.63) is 39.9 Å². The molecule has 0 spiro atoms. The molecule has 1 heterocycles. The number of rotatable bonds is 8. The molecule has 0 fully saturated rings. The number of nitrogens with one attached hydrogen (secondary N) is 1. The van der Waals surface area contributed by atoms with Crippen molar-refractivity contribution in [3.8, 4) is 5.75 Å². The number of sulfonamides is 1. The molecule has 0 atom stereocenters. The van der Waals surface area contributed by atoms with Crippen LogP contribution >= 0.6 is 23.2 Å². The second-order valence-electron chi connectivity index (χ2n) is 5.45. The van der Waals surface area contributed by atoms with Crippen LogP contribution in [0.2, 0.25) is 10.0 Å². The zero-order valence-corrected chi connectivity index (χ0v) is 16.8. The highest BCUT2D eigenvalue weighted by molar-refractivity contribution is 7.92. The van der Waals surface area contributed by atoms with Crippen LogP contribution in [0.4, 0.5) is 5.82 Å². The van der Waals surface area contributed by atoms with E-state index in [2.05, 4.69) is 10.2 Å². The molecule has 2 aromatic rings. The molecule has 0 bridgehead atoms. The maximum absolute atomic E-state index is 12.2. The zero-order chi connectivity index (χ0) is 20.2. The zero-order valence-electron chi connectivity index (χ0n) is 13.6. The predicted octanol–water partition coefficient (Wildman–Crippen LogP) is 1.59.